The first-order chi connectivity index (χ1) is 9.15. The number of amides is 2. The molecule has 1 N–H and O–H groups in total. The summed E-state index contributed by atoms with van der Waals surface area (Å²) >= 11 is 7.36. The van der Waals surface area contributed by atoms with Crippen molar-refractivity contribution in [3.63, 3.8) is 0 Å². The monoisotopic (exact) mass is 298 g/mol. The molecule has 1 aromatic rings. The molecular formula is C13H15ClN2O2S. The smallest absolute Gasteiger partial charge is 0.239 e. The van der Waals surface area contributed by atoms with E-state index in [1.165, 1.54) is 0 Å². The van der Waals surface area contributed by atoms with Gasteiger partial charge < -0.3 is 10.2 Å². The van der Waals surface area contributed by atoms with Crippen LogP contribution in [0.3, 0.4) is 0 Å². The van der Waals surface area contributed by atoms with Gasteiger partial charge in [-0.15, -0.1) is 11.8 Å². The van der Waals surface area contributed by atoms with Crippen LogP contribution in [-0.4, -0.2) is 42.1 Å². The second kappa shape index (κ2) is 6.82. The molecule has 4 nitrogen and oxygen atoms in total. The molecule has 1 saturated heterocycles. The first-order valence-corrected chi connectivity index (χ1v) is 7.55. The zero-order valence-electron chi connectivity index (χ0n) is 10.4. The minimum absolute atomic E-state index is 0.0220. The van der Waals surface area contributed by atoms with Crippen LogP contribution in [0.5, 0.6) is 0 Å². The lowest BCUT2D eigenvalue weighted by atomic mass is 10.2. The molecule has 0 saturated carbocycles. The van der Waals surface area contributed by atoms with Gasteiger partial charge in [0.2, 0.25) is 11.8 Å². The van der Waals surface area contributed by atoms with Crippen LogP contribution in [-0.2, 0) is 15.3 Å². The Bertz CT molecular complexity index is 464. The molecule has 0 spiro atoms. The van der Waals surface area contributed by atoms with Gasteiger partial charge in [-0.3, -0.25) is 9.59 Å². The van der Waals surface area contributed by atoms with Gasteiger partial charge in [0, 0.05) is 23.9 Å². The minimum atomic E-state index is -0.0812. The van der Waals surface area contributed by atoms with Crippen LogP contribution >= 0.6 is 23.4 Å². The van der Waals surface area contributed by atoms with Crippen molar-refractivity contribution in [2.45, 2.75) is 5.75 Å². The number of hydrogen-bond acceptors (Lipinski definition) is 3. The van der Waals surface area contributed by atoms with E-state index >= 15 is 0 Å². The van der Waals surface area contributed by atoms with Gasteiger partial charge in [0.15, 0.2) is 0 Å². The van der Waals surface area contributed by atoms with Gasteiger partial charge in [0.05, 0.1) is 12.3 Å². The van der Waals surface area contributed by atoms with E-state index in [9.17, 15) is 9.59 Å². The maximum atomic E-state index is 11.9. The average Bonchev–Trinajstić information content (AvgIpc) is 2.41. The highest BCUT2D eigenvalue weighted by Crippen LogP contribution is 2.16. The Morgan fingerprint density at radius 1 is 1.37 bits per heavy atom. The lowest BCUT2D eigenvalue weighted by molar-refractivity contribution is -0.136. The second-order valence-electron chi connectivity index (χ2n) is 4.28. The summed E-state index contributed by atoms with van der Waals surface area (Å²) in [7, 11) is 0. The summed E-state index contributed by atoms with van der Waals surface area (Å²) in [6.07, 6.45) is 0. The predicted octanol–water partition coefficient (Wildman–Crippen LogP) is 1.53. The molecule has 0 atom stereocenters. The summed E-state index contributed by atoms with van der Waals surface area (Å²) in [4.78, 5) is 24.7. The van der Waals surface area contributed by atoms with Gasteiger partial charge in [-0.25, -0.2) is 0 Å². The molecular weight excluding hydrogens is 284 g/mol. The minimum Gasteiger partial charge on any atom is -0.353 e. The molecule has 0 bridgehead atoms. The topological polar surface area (TPSA) is 49.4 Å². The summed E-state index contributed by atoms with van der Waals surface area (Å²) in [6.45, 7) is 1.33. The Kier molecular flexibility index (Phi) is 5.10. The van der Waals surface area contributed by atoms with Crippen LogP contribution in [0.1, 0.15) is 5.56 Å². The van der Waals surface area contributed by atoms with Crippen molar-refractivity contribution in [2.75, 3.05) is 25.4 Å². The Labute approximate surface area is 121 Å². The van der Waals surface area contributed by atoms with Crippen LogP contribution in [0.2, 0.25) is 5.02 Å². The molecule has 1 aliphatic rings. The van der Waals surface area contributed by atoms with Crippen molar-refractivity contribution in [2.24, 2.45) is 0 Å². The summed E-state index contributed by atoms with van der Waals surface area (Å²) in [6, 6.07) is 7.59. The van der Waals surface area contributed by atoms with E-state index in [4.69, 9.17) is 11.6 Å². The van der Waals surface area contributed by atoms with Crippen LogP contribution in [0.4, 0.5) is 0 Å². The van der Waals surface area contributed by atoms with Gasteiger partial charge >= 0.3 is 0 Å². The van der Waals surface area contributed by atoms with E-state index in [2.05, 4.69) is 5.32 Å². The molecule has 1 aromatic carbocycles. The standard InChI is InChI=1S/C13H15ClN2O2S/c14-11-3-1-10(2-4-11)8-19-9-13(18)16-6-5-15-12(17)7-16/h1-4H,5-9H2,(H,15,17). The first kappa shape index (κ1) is 14.2. The predicted molar refractivity (Wildman–Crippen MR) is 77.2 cm³/mol. The lowest BCUT2D eigenvalue weighted by Crippen LogP contribution is -2.50. The Balaban J connectivity index is 1.74. The van der Waals surface area contributed by atoms with Gasteiger partial charge in [-0.2, -0.15) is 0 Å². The van der Waals surface area contributed by atoms with E-state index < -0.39 is 0 Å². The maximum absolute atomic E-state index is 11.9. The van der Waals surface area contributed by atoms with Crippen molar-refractivity contribution in [3.8, 4) is 0 Å². The van der Waals surface area contributed by atoms with Gasteiger partial charge in [0.1, 0.15) is 0 Å². The van der Waals surface area contributed by atoms with E-state index in [1.807, 2.05) is 24.3 Å². The zero-order chi connectivity index (χ0) is 13.7. The molecule has 0 aliphatic carbocycles. The number of piperazine rings is 1. The Hall–Kier alpha value is -1.20. The molecule has 2 rings (SSSR count). The van der Waals surface area contributed by atoms with Gasteiger partial charge in [-0.05, 0) is 17.7 Å². The molecule has 6 heteroatoms. The highest BCUT2D eigenvalue weighted by Gasteiger charge is 2.20. The van der Waals surface area contributed by atoms with Gasteiger partial charge in [-0.1, -0.05) is 23.7 Å². The fourth-order valence-corrected chi connectivity index (χ4v) is 2.79. The van der Waals surface area contributed by atoms with Crippen molar-refractivity contribution in [1.29, 1.82) is 0 Å². The average molecular weight is 299 g/mol. The number of carbonyl (C=O) groups is 2. The molecule has 102 valence electrons. The summed E-state index contributed by atoms with van der Waals surface area (Å²) in [5.41, 5.74) is 1.14. The number of carbonyl (C=O) groups excluding carboxylic acids is 2. The number of rotatable bonds is 4. The highest BCUT2D eigenvalue weighted by molar-refractivity contribution is 7.99. The van der Waals surface area contributed by atoms with Gasteiger partial charge in [0.25, 0.3) is 0 Å². The van der Waals surface area contributed by atoms with Crippen LogP contribution in [0, 0.1) is 0 Å². The van der Waals surface area contributed by atoms with Crippen LogP contribution < -0.4 is 5.32 Å². The van der Waals surface area contributed by atoms with Crippen molar-refractivity contribution >= 4 is 35.2 Å². The largest absolute Gasteiger partial charge is 0.353 e. The quantitative estimate of drug-likeness (QED) is 0.917. The number of halogens is 1. The molecule has 1 aliphatic heterocycles. The highest BCUT2D eigenvalue weighted by atomic mass is 35.5. The number of benzene rings is 1. The van der Waals surface area contributed by atoms with E-state index in [-0.39, 0.29) is 18.4 Å². The molecule has 0 unspecified atom stereocenters. The third-order valence-electron chi connectivity index (χ3n) is 2.80. The van der Waals surface area contributed by atoms with E-state index in [0.29, 0.717) is 23.9 Å². The molecule has 1 fully saturated rings. The molecule has 0 aromatic heterocycles. The van der Waals surface area contributed by atoms with Crippen molar-refractivity contribution in [3.05, 3.63) is 34.9 Å². The summed E-state index contributed by atoms with van der Waals surface area (Å²) < 4.78 is 0. The molecule has 1 heterocycles. The number of hydrogen-bond donors (Lipinski definition) is 1. The van der Waals surface area contributed by atoms with E-state index in [1.54, 1.807) is 16.7 Å². The third-order valence-corrected chi connectivity index (χ3v) is 4.04. The fraction of sp³-hybridized carbons (Fsp3) is 0.385. The zero-order valence-corrected chi connectivity index (χ0v) is 12.0. The number of thioether (sulfide) groups is 1. The normalized spacial score (nSPS) is 15.2. The molecule has 2 amide bonds. The molecule has 19 heavy (non-hydrogen) atoms. The third kappa shape index (κ3) is 4.44. The van der Waals surface area contributed by atoms with Crippen molar-refractivity contribution < 1.29 is 9.59 Å². The Morgan fingerprint density at radius 3 is 2.79 bits per heavy atom. The number of nitrogens with zero attached hydrogens (tertiary/aromatic N) is 1. The second-order valence-corrected chi connectivity index (χ2v) is 5.71. The van der Waals surface area contributed by atoms with Crippen LogP contribution in [0.15, 0.2) is 24.3 Å². The Morgan fingerprint density at radius 2 is 2.11 bits per heavy atom. The van der Waals surface area contributed by atoms with E-state index in [0.717, 1.165) is 11.3 Å². The number of nitrogens with one attached hydrogen (secondary N) is 1. The summed E-state index contributed by atoms with van der Waals surface area (Å²) in [5.74, 6) is 1.11. The summed E-state index contributed by atoms with van der Waals surface area (Å²) in [5, 5.41) is 3.41. The SMILES string of the molecule is O=C1CN(C(=O)CSCc2ccc(Cl)cc2)CCN1. The lowest BCUT2D eigenvalue weighted by Gasteiger charge is -2.26. The fourth-order valence-electron chi connectivity index (χ4n) is 1.78. The first-order valence-electron chi connectivity index (χ1n) is 6.02. The maximum Gasteiger partial charge on any atom is 0.239 e. The van der Waals surface area contributed by atoms with Crippen LogP contribution in [0.25, 0.3) is 0 Å². The van der Waals surface area contributed by atoms with Crippen molar-refractivity contribution in [1.82, 2.24) is 10.2 Å². The molecule has 0 radical (unpaired) electrons.